The number of carbonyl (C=O) groups excluding carboxylic acids is 1. The smallest absolute Gasteiger partial charge is 0.243 e. The molecule has 0 saturated carbocycles. The van der Waals surface area contributed by atoms with E-state index < -0.39 is 16.1 Å². The third kappa shape index (κ3) is 3.67. The number of fused-ring (bicyclic) bond motifs is 1. The summed E-state index contributed by atoms with van der Waals surface area (Å²) in [6.07, 6.45) is 1.20. The van der Waals surface area contributed by atoms with Gasteiger partial charge in [-0.3, -0.25) is 4.79 Å². The maximum atomic E-state index is 13.0. The summed E-state index contributed by atoms with van der Waals surface area (Å²) in [6, 6.07) is 13.9. The number of benzene rings is 2. The van der Waals surface area contributed by atoms with Gasteiger partial charge in [0.2, 0.25) is 15.9 Å². The van der Waals surface area contributed by atoms with Crippen LogP contribution in [0.1, 0.15) is 23.4 Å². The lowest BCUT2D eigenvalue weighted by Crippen LogP contribution is -2.45. The van der Waals surface area contributed by atoms with E-state index in [-0.39, 0.29) is 10.8 Å². The largest absolute Gasteiger partial charge is 0.348 e. The lowest BCUT2D eigenvalue weighted by Gasteiger charge is -2.23. The number of sulfonamides is 1. The van der Waals surface area contributed by atoms with E-state index in [2.05, 4.69) is 10.3 Å². The van der Waals surface area contributed by atoms with Gasteiger partial charge in [-0.05, 0) is 44.0 Å². The van der Waals surface area contributed by atoms with Crippen molar-refractivity contribution in [2.75, 3.05) is 6.54 Å². The highest BCUT2D eigenvalue weighted by molar-refractivity contribution is 7.89. The van der Waals surface area contributed by atoms with Crippen molar-refractivity contribution >= 4 is 37.5 Å². The van der Waals surface area contributed by atoms with Crippen LogP contribution in [0.25, 0.3) is 10.2 Å². The Morgan fingerprint density at radius 1 is 1.21 bits per heavy atom. The Morgan fingerprint density at radius 2 is 1.96 bits per heavy atom. The summed E-state index contributed by atoms with van der Waals surface area (Å²) in [6.45, 7) is 2.56. The molecule has 1 aliphatic rings. The first-order chi connectivity index (χ1) is 13.4. The number of amides is 1. The van der Waals surface area contributed by atoms with Crippen LogP contribution < -0.4 is 5.32 Å². The van der Waals surface area contributed by atoms with E-state index in [1.807, 2.05) is 31.2 Å². The molecule has 6 nitrogen and oxygen atoms in total. The maximum absolute atomic E-state index is 13.0. The average molecular weight is 416 g/mol. The third-order valence-corrected chi connectivity index (χ3v) is 7.84. The van der Waals surface area contributed by atoms with Gasteiger partial charge < -0.3 is 5.32 Å². The van der Waals surface area contributed by atoms with E-state index in [1.54, 1.807) is 24.3 Å². The van der Waals surface area contributed by atoms with Crippen molar-refractivity contribution in [2.24, 2.45) is 0 Å². The number of aromatic nitrogens is 1. The number of carbonyl (C=O) groups is 1. The highest BCUT2D eigenvalue weighted by Gasteiger charge is 2.39. The van der Waals surface area contributed by atoms with Crippen LogP contribution in [-0.4, -0.2) is 36.2 Å². The van der Waals surface area contributed by atoms with Crippen molar-refractivity contribution in [3.05, 3.63) is 59.1 Å². The molecule has 3 aromatic rings. The van der Waals surface area contributed by atoms with Crippen LogP contribution in [-0.2, 0) is 21.4 Å². The Hall–Kier alpha value is -2.29. The lowest BCUT2D eigenvalue weighted by atomic mass is 10.2. The number of nitrogens with one attached hydrogen (secondary N) is 1. The molecule has 4 rings (SSSR count). The summed E-state index contributed by atoms with van der Waals surface area (Å²) >= 11 is 1.53. The van der Waals surface area contributed by atoms with E-state index in [0.29, 0.717) is 25.9 Å². The Balaban J connectivity index is 1.47. The Labute approximate surface area is 168 Å². The second-order valence-corrected chi connectivity index (χ2v) is 9.89. The number of hydrogen-bond donors (Lipinski definition) is 1. The second kappa shape index (κ2) is 7.62. The summed E-state index contributed by atoms with van der Waals surface area (Å²) in [5.41, 5.74) is 1.90. The zero-order valence-corrected chi connectivity index (χ0v) is 17.1. The molecule has 0 aliphatic carbocycles. The average Bonchev–Trinajstić information content (AvgIpc) is 3.33. The molecule has 0 bridgehead atoms. The van der Waals surface area contributed by atoms with Gasteiger partial charge in [0, 0.05) is 6.54 Å². The first-order valence-corrected chi connectivity index (χ1v) is 11.4. The van der Waals surface area contributed by atoms with Crippen LogP contribution in [0.4, 0.5) is 0 Å². The number of aryl methyl sites for hydroxylation is 1. The van der Waals surface area contributed by atoms with E-state index in [9.17, 15) is 13.2 Å². The fraction of sp³-hybridized carbons (Fsp3) is 0.300. The molecule has 1 atom stereocenters. The minimum Gasteiger partial charge on any atom is -0.348 e. The molecule has 1 fully saturated rings. The normalized spacial score (nSPS) is 17.8. The van der Waals surface area contributed by atoms with Crippen LogP contribution in [0.15, 0.2) is 53.4 Å². The van der Waals surface area contributed by atoms with Crippen molar-refractivity contribution in [3.8, 4) is 0 Å². The van der Waals surface area contributed by atoms with Crippen LogP contribution in [0.3, 0.4) is 0 Å². The molecule has 28 heavy (non-hydrogen) atoms. The molecule has 1 unspecified atom stereocenters. The predicted octanol–water partition coefficient (Wildman–Crippen LogP) is 3.07. The van der Waals surface area contributed by atoms with Gasteiger partial charge in [0.15, 0.2) is 0 Å². The SMILES string of the molecule is Cc1ccc(S(=O)(=O)N2CCCC2C(=O)NCc2nc3ccccc3s2)cc1. The highest BCUT2D eigenvalue weighted by Crippen LogP contribution is 2.27. The fourth-order valence-electron chi connectivity index (χ4n) is 3.41. The van der Waals surface area contributed by atoms with Gasteiger partial charge in [-0.2, -0.15) is 4.31 Å². The molecule has 1 amide bonds. The van der Waals surface area contributed by atoms with Crippen LogP contribution in [0.2, 0.25) is 0 Å². The summed E-state index contributed by atoms with van der Waals surface area (Å²) in [5, 5.41) is 3.67. The molecule has 1 saturated heterocycles. The number of nitrogens with zero attached hydrogens (tertiary/aromatic N) is 2. The minimum absolute atomic E-state index is 0.226. The van der Waals surface area contributed by atoms with Crippen LogP contribution in [0.5, 0.6) is 0 Å². The molecule has 2 aromatic carbocycles. The summed E-state index contributed by atoms with van der Waals surface area (Å²) in [5.74, 6) is -0.271. The number of para-hydroxylation sites is 1. The van der Waals surface area contributed by atoms with Crippen molar-refractivity contribution < 1.29 is 13.2 Å². The predicted molar refractivity (Wildman–Crippen MR) is 110 cm³/mol. The second-order valence-electron chi connectivity index (χ2n) is 6.88. The molecule has 146 valence electrons. The van der Waals surface area contributed by atoms with Crippen molar-refractivity contribution in [2.45, 2.75) is 37.2 Å². The standard InChI is InChI=1S/C20H21N3O3S2/c1-14-8-10-15(11-9-14)28(25,26)23-12-4-6-17(23)20(24)21-13-19-22-16-5-2-3-7-18(16)27-19/h2-3,5,7-11,17H,4,6,12-13H2,1H3,(H,21,24). The molecule has 8 heteroatoms. The summed E-state index contributed by atoms with van der Waals surface area (Å²) in [4.78, 5) is 17.5. The zero-order chi connectivity index (χ0) is 19.7. The molecule has 0 radical (unpaired) electrons. The zero-order valence-electron chi connectivity index (χ0n) is 15.5. The maximum Gasteiger partial charge on any atom is 0.243 e. The van der Waals surface area contributed by atoms with Gasteiger partial charge in [0.05, 0.1) is 21.7 Å². The Morgan fingerprint density at radius 3 is 2.71 bits per heavy atom. The quantitative estimate of drug-likeness (QED) is 0.695. The van der Waals surface area contributed by atoms with Crippen molar-refractivity contribution in [1.29, 1.82) is 0 Å². The van der Waals surface area contributed by atoms with Gasteiger partial charge in [0.25, 0.3) is 0 Å². The van der Waals surface area contributed by atoms with Gasteiger partial charge in [0.1, 0.15) is 11.0 Å². The molecule has 0 spiro atoms. The molecular formula is C20H21N3O3S2. The van der Waals surface area contributed by atoms with E-state index in [0.717, 1.165) is 20.8 Å². The number of hydrogen-bond acceptors (Lipinski definition) is 5. The molecule has 2 heterocycles. The van der Waals surface area contributed by atoms with E-state index in [1.165, 1.54) is 15.6 Å². The Kier molecular flexibility index (Phi) is 5.18. The monoisotopic (exact) mass is 415 g/mol. The van der Waals surface area contributed by atoms with Crippen molar-refractivity contribution in [3.63, 3.8) is 0 Å². The first kappa shape index (κ1) is 19.0. The van der Waals surface area contributed by atoms with Gasteiger partial charge in [-0.15, -0.1) is 11.3 Å². The van der Waals surface area contributed by atoms with E-state index in [4.69, 9.17) is 0 Å². The van der Waals surface area contributed by atoms with Crippen molar-refractivity contribution in [1.82, 2.24) is 14.6 Å². The van der Waals surface area contributed by atoms with Crippen LogP contribution in [0, 0.1) is 6.92 Å². The lowest BCUT2D eigenvalue weighted by molar-refractivity contribution is -0.124. The molecular weight excluding hydrogens is 394 g/mol. The Bertz CT molecular complexity index is 1070. The molecule has 1 aliphatic heterocycles. The fourth-order valence-corrected chi connectivity index (χ4v) is 5.98. The van der Waals surface area contributed by atoms with Crippen LogP contribution >= 0.6 is 11.3 Å². The van der Waals surface area contributed by atoms with Gasteiger partial charge in [-0.1, -0.05) is 29.8 Å². The van der Waals surface area contributed by atoms with E-state index >= 15 is 0 Å². The third-order valence-electron chi connectivity index (χ3n) is 4.89. The van der Waals surface area contributed by atoms with Gasteiger partial charge in [-0.25, -0.2) is 13.4 Å². The number of rotatable bonds is 5. The summed E-state index contributed by atoms with van der Waals surface area (Å²) in [7, 11) is -3.69. The summed E-state index contributed by atoms with van der Waals surface area (Å²) < 4.78 is 28.4. The molecule has 1 aromatic heterocycles. The van der Waals surface area contributed by atoms with Gasteiger partial charge >= 0.3 is 0 Å². The molecule has 1 N–H and O–H groups in total. The highest BCUT2D eigenvalue weighted by atomic mass is 32.2. The minimum atomic E-state index is -3.69. The first-order valence-electron chi connectivity index (χ1n) is 9.16. The topological polar surface area (TPSA) is 79.4 Å². The number of thiazole rings is 1.